The van der Waals surface area contributed by atoms with Crippen LogP contribution in [0.4, 0.5) is 0 Å². The molecule has 3 unspecified atom stereocenters. The molecule has 0 radical (unpaired) electrons. The van der Waals surface area contributed by atoms with Gasteiger partial charge in [-0.25, -0.2) is 0 Å². The van der Waals surface area contributed by atoms with E-state index in [9.17, 15) is 15.3 Å². The normalized spacial score (nSPS) is 32.9. The molecule has 0 amide bonds. The summed E-state index contributed by atoms with van der Waals surface area (Å²) in [4.78, 5) is 0. The van der Waals surface area contributed by atoms with Crippen LogP contribution in [0.1, 0.15) is 76.2 Å². The number of aryl methyl sites for hydroxylation is 1. The molecule has 0 spiro atoms. The molecule has 1 aromatic carbocycles. The van der Waals surface area contributed by atoms with Gasteiger partial charge >= 0.3 is 0 Å². The fourth-order valence-electron chi connectivity index (χ4n) is 6.10. The molecule has 0 aromatic heterocycles. The van der Waals surface area contributed by atoms with Gasteiger partial charge in [0.15, 0.2) is 12.6 Å². The van der Waals surface area contributed by atoms with Crippen LogP contribution in [0.15, 0.2) is 30.3 Å². The Bertz CT molecular complexity index is 720. The van der Waals surface area contributed by atoms with Gasteiger partial charge in [0.05, 0.1) is 31.0 Å². The second-order valence-electron chi connectivity index (χ2n) is 10.8. The highest BCUT2D eigenvalue weighted by molar-refractivity contribution is 5.14. The van der Waals surface area contributed by atoms with Crippen molar-refractivity contribution >= 4 is 0 Å². The molecule has 2 saturated heterocycles. The zero-order valence-electron chi connectivity index (χ0n) is 21.6. The van der Waals surface area contributed by atoms with Gasteiger partial charge in [-0.2, -0.15) is 0 Å². The molecule has 1 aromatic rings. The molecular formula is C29H46O7. The van der Waals surface area contributed by atoms with Crippen molar-refractivity contribution in [1.82, 2.24) is 0 Å². The van der Waals surface area contributed by atoms with Gasteiger partial charge in [-0.15, -0.1) is 0 Å². The molecule has 1 saturated carbocycles. The predicted octanol–water partition coefficient (Wildman–Crippen LogP) is 3.96. The van der Waals surface area contributed by atoms with Crippen molar-refractivity contribution in [2.45, 2.75) is 114 Å². The molecule has 0 bridgehead atoms. The van der Waals surface area contributed by atoms with E-state index in [4.69, 9.17) is 18.9 Å². The molecule has 204 valence electrons. The summed E-state index contributed by atoms with van der Waals surface area (Å²) in [6, 6.07) is 10.5. The molecule has 7 nitrogen and oxygen atoms in total. The highest BCUT2D eigenvalue weighted by Gasteiger charge is 2.44. The van der Waals surface area contributed by atoms with E-state index >= 15 is 0 Å². The van der Waals surface area contributed by atoms with E-state index in [2.05, 4.69) is 24.3 Å². The highest BCUT2D eigenvalue weighted by atomic mass is 16.7. The first-order valence-electron chi connectivity index (χ1n) is 14.2. The fraction of sp³-hybridized carbons (Fsp3) is 0.793. The largest absolute Gasteiger partial charge is 0.394 e. The summed E-state index contributed by atoms with van der Waals surface area (Å²) >= 11 is 0. The van der Waals surface area contributed by atoms with Crippen LogP contribution in [0.2, 0.25) is 0 Å². The Kier molecular flexibility index (Phi) is 11.5. The van der Waals surface area contributed by atoms with Crippen molar-refractivity contribution in [3.8, 4) is 0 Å². The van der Waals surface area contributed by atoms with Gasteiger partial charge in [-0.3, -0.25) is 0 Å². The van der Waals surface area contributed by atoms with Crippen molar-refractivity contribution in [2.24, 2.45) is 11.8 Å². The Morgan fingerprint density at radius 2 is 1.64 bits per heavy atom. The third kappa shape index (κ3) is 8.48. The van der Waals surface area contributed by atoms with Crippen molar-refractivity contribution in [1.29, 1.82) is 0 Å². The van der Waals surface area contributed by atoms with E-state index in [-0.39, 0.29) is 43.2 Å². The smallest absolute Gasteiger partial charge is 0.157 e. The number of hydrogen-bond acceptors (Lipinski definition) is 7. The molecular weight excluding hydrogens is 460 g/mol. The summed E-state index contributed by atoms with van der Waals surface area (Å²) in [5, 5.41) is 30.6. The lowest BCUT2D eigenvalue weighted by atomic mass is 9.84. The van der Waals surface area contributed by atoms with Crippen LogP contribution in [-0.4, -0.2) is 72.1 Å². The lowest BCUT2D eigenvalue weighted by molar-refractivity contribution is -0.201. The van der Waals surface area contributed by atoms with Gasteiger partial charge in [-0.05, 0) is 88.0 Å². The third-order valence-electron chi connectivity index (χ3n) is 8.12. The van der Waals surface area contributed by atoms with Crippen molar-refractivity contribution in [3.05, 3.63) is 35.9 Å². The first-order valence-corrected chi connectivity index (χ1v) is 14.2. The minimum Gasteiger partial charge on any atom is -0.394 e. The lowest BCUT2D eigenvalue weighted by Crippen LogP contribution is -2.34. The van der Waals surface area contributed by atoms with Gasteiger partial charge < -0.3 is 34.3 Å². The fourth-order valence-corrected chi connectivity index (χ4v) is 6.10. The van der Waals surface area contributed by atoms with Gasteiger partial charge in [0.2, 0.25) is 0 Å². The predicted molar refractivity (Wildman–Crippen MR) is 136 cm³/mol. The van der Waals surface area contributed by atoms with E-state index in [0.717, 1.165) is 70.8 Å². The quantitative estimate of drug-likeness (QED) is 0.373. The van der Waals surface area contributed by atoms with Crippen LogP contribution < -0.4 is 0 Å². The summed E-state index contributed by atoms with van der Waals surface area (Å²) in [7, 11) is 0. The summed E-state index contributed by atoms with van der Waals surface area (Å²) in [5.74, 6) is -0.0525. The molecule has 36 heavy (non-hydrogen) atoms. The average Bonchev–Trinajstić information content (AvgIpc) is 3.20. The number of ether oxygens (including phenoxy) is 4. The molecule has 7 heteroatoms. The number of benzene rings is 1. The van der Waals surface area contributed by atoms with Crippen LogP contribution >= 0.6 is 0 Å². The van der Waals surface area contributed by atoms with Gasteiger partial charge in [0.25, 0.3) is 0 Å². The van der Waals surface area contributed by atoms with Crippen LogP contribution in [0, 0.1) is 11.8 Å². The first kappa shape index (κ1) is 28.0. The minimum atomic E-state index is -0.836. The van der Waals surface area contributed by atoms with E-state index < -0.39 is 12.2 Å². The Morgan fingerprint density at radius 3 is 2.31 bits per heavy atom. The van der Waals surface area contributed by atoms with Gasteiger partial charge in [0.1, 0.15) is 0 Å². The molecule has 3 N–H and O–H groups in total. The summed E-state index contributed by atoms with van der Waals surface area (Å²) < 4.78 is 24.6. The number of aliphatic hydroxyl groups excluding tert-OH is 3. The van der Waals surface area contributed by atoms with Crippen LogP contribution in [-0.2, 0) is 25.4 Å². The van der Waals surface area contributed by atoms with Crippen LogP contribution in [0.25, 0.3) is 0 Å². The second-order valence-corrected chi connectivity index (χ2v) is 10.8. The van der Waals surface area contributed by atoms with E-state index in [1.165, 1.54) is 5.56 Å². The van der Waals surface area contributed by atoms with Crippen LogP contribution in [0.3, 0.4) is 0 Å². The summed E-state index contributed by atoms with van der Waals surface area (Å²) in [6.45, 7) is 1.17. The maximum atomic E-state index is 10.9. The Morgan fingerprint density at radius 1 is 0.917 bits per heavy atom. The van der Waals surface area contributed by atoms with Crippen molar-refractivity contribution in [3.63, 3.8) is 0 Å². The molecule has 2 heterocycles. The van der Waals surface area contributed by atoms with Gasteiger partial charge in [-0.1, -0.05) is 30.3 Å². The van der Waals surface area contributed by atoms with Gasteiger partial charge in [0, 0.05) is 19.6 Å². The van der Waals surface area contributed by atoms with E-state index in [1.54, 1.807) is 0 Å². The third-order valence-corrected chi connectivity index (χ3v) is 8.12. The zero-order chi connectivity index (χ0) is 25.2. The molecule has 8 atom stereocenters. The standard InChI is InChI=1S/C29H46O7/c30-20-22(31)18-25-24(27(19-26(25)32)36-29-11-5-7-17-34-29)15-14-23(35-28-10-4-6-16-33-28)13-12-21-8-2-1-3-9-21/h1-3,8-9,22-32H,4-7,10-20H2/t22?,23-,24+,25+,26-,27+,28?,29?/m0/s1. The monoisotopic (exact) mass is 506 g/mol. The molecule has 3 fully saturated rings. The lowest BCUT2D eigenvalue weighted by Gasteiger charge is -2.33. The second kappa shape index (κ2) is 14.8. The number of aliphatic hydroxyl groups is 3. The Balaban J connectivity index is 1.41. The Labute approximate surface area is 216 Å². The number of hydrogen-bond donors (Lipinski definition) is 3. The highest BCUT2D eigenvalue weighted by Crippen LogP contribution is 2.42. The summed E-state index contributed by atoms with van der Waals surface area (Å²) in [6.07, 6.45) is 8.74. The van der Waals surface area contributed by atoms with Crippen LogP contribution in [0.5, 0.6) is 0 Å². The molecule has 3 aliphatic rings. The van der Waals surface area contributed by atoms with E-state index in [0.29, 0.717) is 19.4 Å². The summed E-state index contributed by atoms with van der Waals surface area (Å²) in [5.41, 5.74) is 1.30. The zero-order valence-corrected chi connectivity index (χ0v) is 21.6. The SMILES string of the molecule is OCC(O)C[C@@H]1[C@@H](CC[C@H](CCc2ccccc2)OC2CCCCO2)[C@H](OC2CCCCO2)C[C@@H]1O. The maximum Gasteiger partial charge on any atom is 0.157 e. The maximum absolute atomic E-state index is 10.9. The Hall–Kier alpha value is -1.06. The topological polar surface area (TPSA) is 97.6 Å². The molecule has 1 aliphatic carbocycles. The molecule has 4 rings (SSSR count). The number of rotatable bonds is 13. The minimum absolute atomic E-state index is 0.0426. The first-order chi connectivity index (χ1) is 17.6. The van der Waals surface area contributed by atoms with Crippen molar-refractivity contribution < 1.29 is 34.3 Å². The average molecular weight is 507 g/mol. The van der Waals surface area contributed by atoms with E-state index in [1.807, 2.05) is 6.07 Å². The van der Waals surface area contributed by atoms with Crippen molar-refractivity contribution in [2.75, 3.05) is 19.8 Å². The molecule has 2 aliphatic heterocycles.